The summed E-state index contributed by atoms with van der Waals surface area (Å²) in [5.74, 6) is -0.901. The molecule has 2 fully saturated rings. The van der Waals surface area contributed by atoms with Gasteiger partial charge in [-0.05, 0) is 35.7 Å². The molecule has 5 rings (SSSR count). The molecule has 3 heterocycles. The van der Waals surface area contributed by atoms with Crippen LogP contribution in [0.15, 0.2) is 22.8 Å². The van der Waals surface area contributed by atoms with Crippen LogP contribution in [-0.4, -0.2) is 75.3 Å². The average molecular weight is 575 g/mol. The first-order valence-electron chi connectivity index (χ1n) is 12.2. The fourth-order valence-corrected chi connectivity index (χ4v) is 4.54. The van der Waals surface area contributed by atoms with Crippen molar-refractivity contribution in [2.24, 2.45) is 0 Å². The van der Waals surface area contributed by atoms with Gasteiger partial charge in [0.05, 0.1) is 30.1 Å². The highest BCUT2D eigenvalue weighted by atomic mass is 19.4. The molecule has 1 saturated carbocycles. The number of carbonyl (C=O) groups is 2. The lowest BCUT2D eigenvalue weighted by molar-refractivity contribution is -0.161. The van der Waals surface area contributed by atoms with Crippen molar-refractivity contribution < 1.29 is 45.3 Å². The molecule has 11 nitrogen and oxygen atoms in total. The third kappa shape index (κ3) is 5.97. The number of methoxy groups -OCH3 is 1. The Bertz CT molecular complexity index is 1400. The first-order valence-corrected chi connectivity index (χ1v) is 12.2. The minimum atomic E-state index is -4.64. The van der Waals surface area contributed by atoms with Crippen molar-refractivity contribution in [2.45, 2.75) is 62.3 Å². The van der Waals surface area contributed by atoms with Crippen molar-refractivity contribution in [2.75, 3.05) is 13.7 Å². The second-order valence-corrected chi connectivity index (χ2v) is 9.71. The molecule has 1 aromatic carbocycles. The maximum absolute atomic E-state index is 13.4. The van der Waals surface area contributed by atoms with Gasteiger partial charge >= 0.3 is 18.4 Å². The van der Waals surface area contributed by atoms with Crippen LogP contribution in [-0.2, 0) is 11.3 Å². The predicted molar refractivity (Wildman–Crippen MR) is 123 cm³/mol. The number of fused-ring (bicyclic) bond motifs is 1. The Morgan fingerprint density at radius 3 is 2.60 bits per heavy atom. The Balaban J connectivity index is 1.41. The Morgan fingerprint density at radius 2 is 1.98 bits per heavy atom. The van der Waals surface area contributed by atoms with E-state index in [4.69, 9.17) is 4.74 Å². The Hall–Kier alpha value is -3.89. The van der Waals surface area contributed by atoms with Gasteiger partial charge in [0.25, 0.3) is 5.91 Å². The van der Waals surface area contributed by atoms with Crippen LogP contribution in [0, 0.1) is 0 Å². The summed E-state index contributed by atoms with van der Waals surface area (Å²) in [7, 11) is 1.07. The van der Waals surface area contributed by atoms with Gasteiger partial charge in [-0.1, -0.05) is 11.2 Å². The molecular weight excluding hydrogens is 552 g/mol. The number of amides is 3. The number of aromatic nitrogens is 4. The number of carbonyl (C=O) groups excluding carboxylic acids is 2. The van der Waals surface area contributed by atoms with Crippen LogP contribution in [0.4, 0.5) is 31.1 Å². The van der Waals surface area contributed by atoms with Crippen LogP contribution in [0.3, 0.4) is 0 Å². The number of hydrogen-bond donors (Lipinski definition) is 3. The van der Waals surface area contributed by atoms with Gasteiger partial charge in [-0.25, -0.2) is 14.4 Å². The van der Waals surface area contributed by atoms with E-state index >= 15 is 0 Å². The van der Waals surface area contributed by atoms with E-state index in [9.17, 15) is 35.9 Å². The maximum atomic E-state index is 13.4. The molecule has 40 heavy (non-hydrogen) atoms. The largest absolute Gasteiger partial charge is 0.410 e. The minimum absolute atomic E-state index is 0.0208. The van der Waals surface area contributed by atoms with Crippen molar-refractivity contribution in [1.82, 2.24) is 35.8 Å². The molecule has 2 aliphatic rings. The zero-order chi connectivity index (χ0) is 28.8. The summed E-state index contributed by atoms with van der Waals surface area (Å²) in [5.41, 5.74) is 1.24. The SMILES string of the molecule is CO[C@@H](CC(F)(F)F)[C@H](NC(=O)c1nonc1C1CC1)c1nc2ccc(CN3C[C@@H](C(F)(F)F)NC3=O)cc2[nH]1. The Kier molecular flexibility index (Phi) is 7.09. The zero-order valence-electron chi connectivity index (χ0n) is 20.8. The third-order valence-electron chi connectivity index (χ3n) is 6.70. The highest BCUT2D eigenvalue weighted by Gasteiger charge is 2.47. The summed E-state index contributed by atoms with van der Waals surface area (Å²) < 4.78 is 88.9. The quantitative estimate of drug-likeness (QED) is 0.331. The summed E-state index contributed by atoms with van der Waals surface area (Å²) in [6, 6.07) is 0.260. The number of benzene rings is 1. The topological polar surface area (TPSA) is 138 Å². The third-order valence-corrected chi connectivity index (χ3v) is 6.70. The first-order chi connectivity index (χ1) is 18.8. The van der Waals surface area contributed by atoms with E-state index in [1.54, 1.807) is 0 Å². The molecular formula is C23H23F6N7O4. The molecule has 2 aromatic heterocycles. The highest BCUT2D eigenvalue weighted by molar-refractivity contribution is 5.93. The van der Waals surface area contributed by atoms with E-state index < -0.39 is 55.4 Å². The van der Waals surface area contributed by atoms with E-state index in [0.29, 0.717) is 22.3 Å². The number of alkyl halides is 6. The summed E-state index contributed by atoms with van der Waals surface area (Å²) in [6.45, 7) is -0.726. The molecule has 3 amide bonds. The number of halogens is 6. The number of aromatic amines is 1. The van der Waals surface area contributed by atoms with Gasteiger partial charge in [0.1, 0.15) is 23.6 Å². The van der Waals surface area contributed by atoms with Crippen molar-refractivity contribution >= 4 is 23.0 Å². The summed E-state index contributed by atoms with van der Waals surface area (Å²) in [4.78, 5) is 33.3. The van der Waals surface area contributed by atoms with E-state index in [-0.39, 0.29) is 24.0 Å². The first kappa shape index (κ1) is 27.7. The van der Waals surface area contributed by atoms with Gasteiger partial charge in [0, 0.05) is 19.6 Å². The van der Waals surface area contributed by atoms with Crippen LogP contribution in [0.2, 0.25) is 0 Å². The second kappa shape index (κ2) is 10.3. The minimum Gasteiger partial charge on any atom is -0.378 e. The Labute approximate surface area is 221 Å². The van der Waals surface area contributed by atoms with Crippen LogP contribution < -0.4 is 10.6 Å². The number of nitrogens with one attached hydrogen (secondary N) is 3. The summed E-state index contributed by atoms with van der Waals surface area (Å²) in [6.07, 6.45) is -10.7. The van der Waals surface area contributed by atoms with Crippen LogP contribution in [0.25, 0.3) is 11.0 Å². The smallest absolute Gasteiger partial charge is 0.378 e. The van der Waals surface area contributed by atoms with E-state index in [2.05, 4.69) is 30.2 Å². The predicted octanol–water partition coefficient (Wildman–Crippen LogP) is 3.72. The zero-order valence-corrected chi connectivity index (χ0v) is 20.8. The normalized spacial score (nSPS) is 19.6. The molecule has 0 bridgehead atoms. The number of urea groups is 1. The molecule has 3 aromatic rings. The Morgan fingerprint density at radius 1 is 1.23 bits per heavy atom. The van der Waals surface area contributed by atoms with Gasteiger partial charge in [0.2, 0.25) is 0 Å². The van der Waals surface area contributed by atoms with Gasteiger partial charge in [-0.2, -0.15) is 26.3 Å². The molecule has 17 heteroatoms. The van der Waals surface area contributed by atoms with Crippen molar-refractivity contribution in [3.05, 3.63) is 41.0 Å². The maximum Gasteiger partial charge on any atom is 0.410 e. The van der Waals surface area contributed by atoms with Gasteiger partial charge in [0.15, 0.2) is 5.69 Å². The number of nitrogens with zero attached hydrogens (tertiary/aromatic N) is 4. The molecule has 0 spiro atoms. The van der Waals surface area contributed by atoms with E-state index in [1.807, 2.05) is 5.32 Å². The van der Waals surface area contributed by atoms with E-state index in [1.165, 1.54) is 18.2 Å². The molecule has 3 N–H and O–H groups in total. The second-order valence-electron chi connectivity index (χ2n) is 9.71. The van der Waals surface area contributed by atoms with Crippen LogP contribution in [0.1, 0.15) is 58.8 Å². The molecule has 0 unspecified atom stereocenters. The van der Waals surface area contributed by atoms with E-state index in [0.717, 1.165) is 24.9 Å². The molecule has 1 aliphatic carbocycles. The lowest BCUT2D eigenvalue weighted by atomic mass is 10.1. The summed E-state index contributed by atoms with van der Waals surface area (Å²) in [5, 5.41) is 11.7. The molecule has 1 saturated heterocycles. The number of H-pyrrole nitrogens is 1. The number of hydrogen-bond acceptors (Lipinski definition) is 7. The summed E-state index contributed by atoms with van der Waals surface area (Å²) >= 11 is 0. The van der Waals surface area contributed by atoms with Gasteiger partial charge in [-0.3, -0.25) is 4.79 Å². The van der Waals surface area contributed by atoms with Gasteiger partial charge < -0.3 is 25.3 Å². The van der Waals surface area contributed by atoms with Crippen molar-refractivity contribution in [1.29, 1.82) is 0 Å². The molecule has 216 valence electrons. The van der Waals surface area contributed by atoms with Crippen LogP contribution in [0.5, 0.6) is 0 Å². The highest BCUT2D eigenvalue weighted by Crippen LogP contribution is 2.40. The monoisotopic (exact) mass is 575 g/mol. The molecule has 1 aliphatic heterocycles. The standard InChI is InChI=1S/C23H23F6N7O4/c1-39-14(7-22(24,25)26)17(33-20(37)18-16(11-3-4-11)34-40-35-18)19-30-12-5-2-10(6-13(12)31-19)8-36-9-15(23(27,28)29)32-21(36)38/h2,5-6,11,14-15,17H,3-4,7-9H2,1H3,(H,30,31)(H,32,38)(H,33,37)/t14-,15-,17-/m0/s1. The lowest BCUT2D eigenvalue weighted by Crippen LogP contribution is -2.40. The van der Waals surface area contributed by atoms with Crippen molar-refractivity contribution in [3.8, 4) is 0 Å². The fourth-order valence-electron chi connectivity index (χ4n) is 4.54. The number of ether oxygens (including phenoxy) is 1. The van der Waals surface area contributed by atoms with Gasteiger partial charge in [-0.15, -0.1) is 0 Å². The number of rotatable bonds is 9. The fraction of sp³-hybridized carbons (Fsp3) is 0.522. The average Bonchev–Trinajstić information content (AvgIpc) is 3.26. The molecule has 3 atom stereocenters. The number of imidazole rings is 1. The molecule has 0 radical (unpaired) electrons. The van der Waals surface area contributed by atoms with Crippen LogP contribution >= 0.6 is 0 Å². The lowest BCUT2D eigenvalue weighted by Gasteiger charge is -2.26. The van der Waals surface area contributed by atoms with Crippen molar-refractivity contribution in [3.63, 3.8) is 0 Å².